The molecule has 0 bridgehead atoms. The van der Waals surface area contributed by atoms with E-state index in [1.807, 2.05) is 0 Å². The topological polar surface area (TPSA) is 193 Å². The minimum Gasteiger partial charge on any atom is -0.396 e. The van der Waals surface area contributed by atoms with Crippen molar-refractivity contribution in [2.75, 3.05) is 24.3 Å². The van der Waals surface area contributed by atoms with Gasteiger partial charge in [-0.1, -0.05) is 52.1 Å². The minimum atomic E-state index is -0.722. The zero-order valence-corrected chi connectivity index (χ0v) is 32.6. The van der Waals surface area contributed by atoms with Crippen LogP contribution in [0.25, 0.3) is 0 Å². The van der Waals surface area contributed by atoms with Gasteiger partial charge in [0.15, 0.2) is 17.9 Å². The van der Waals surface area contributed by atoms with E-state index in [1.54, 1.807) is 56.7 Å². The molecule has 0 saturated heterocycles. The molecule has 15 heteroatoms. The standard InChI is InChI=1S/C13H21N3O.C11H17N3O3.C8H17N.C5H6ClN2O/c1-4-10-8-11(7-9(10)2)15-12-13(17)16(3)6-5-14-12;1-14-3-2-12-10(11(14)17)13-8-4-7(6-15)9(16)5-8;1-3-7-5-8(9)4-6(7)2;1-8-3-2-7-4(6)5(8)9/h5-6,9-11H,4,7-8H2,1-3H3,(H,14,15);2-3,7-9,15-16H,4-6H2,1H3,(H,12,13);6-8H,3-5,9H2,1-2H3;2-4H,1H3/q;;;+1/t9-,10-,11-;7-,8-,9+;6-,7-,8-;/m010./s1. The van der Waals surface area contributed by atoms with Gasteiger partial charge in [0.05, 0.1) is 12.3 Å². The first-order valence-electron chi connectivity index (χ1n) is 18.6. The van der Waals surface area contributed by atoms with E-state index in [9.17, 15) is 19.5 Å². The Morgan fingerprint density at radius 3 is 1.75 bits per heavy atom. The maximum absolute atomic E-state index is 11.8. The summed E-state index contributed by atoms with van der Waals surface area (Å²) in [5.41, 5.74) is 4.84. The van der Waals surface area contributed by atoms with Crippen LogP contribution in [0.5, 0.6) is 0 Å². The molecule has 0 aromatic carbocycles. The Kier molecular flexibility index (Phi) is 17.1. The van der Waals surface area contributed by atoms with Gasteiger partial charge in [0, 0.05) is 69.5 Å². The van der Waals surface area contributed by atoms with Crippen LogP contribution in [0.3, 0.4) is 0 Å². The lowest BCUT2D eigenvalue weighted by Gasteiger charge is -2.13. The molecular formula is C37H61ClN9O5+. The maximum atomic E-state index is 11.8. The van der Waals surface area contributed by atoms with Gasteiger partial charge in [-0.05, 0) is 62.2 Å². The number of nitrogens with zero attached hydrogens (tertiary/aromatic N) is 6. The summed E-state index contributed by atoms with van der Waals surface area (Å²) in [5, 5.41) is 25.0. The normalized spacial score (nSPS) is 30.6. The second-order valence-electron chi connectivity index (χ2n) is 14.8. The van der Waals surface area contributed by atoms with E-state index in [-0.39, 0.29) is 35.6 Å². The number of carbonyl (C=O) groups is 1. The van der Waals surface area contributed by atoms with Crippen LogP contribution in [0.15, 0.2) is 39.4 Å². The predicted molar refractivity (Wildman–Crippen MR) is 207 cm³/mol. The van der Waals surface area contributed by atoms with Gasteiger partial charge in [0.25, 0.3) is 11.1 Å². The molecule has 0 radical (unpaired) electrons. The van der Waals surface area contributed by atoms with Crippen molar-refractivity contribution < 1.29 is 19.6 Å². The first-order valence-corrected chi connectivity index (χ1v) is 19.0. The third-order valence-corrected chi connectivity index (χ3v) is 11.1. The van der Waals surface area contributed by atoms with Gasteiger partial charge in [-0.3, -0.25) is 14.6 Å². The van der Waals surface area contributed by atoms with Crippen molar-refractivity contribution in [3.63, 3.8) is 0 Å². The maximum Gasteiger partial charge on any atom is 0.426 e. The van der Waals surface area contributed by atoms with Crippen molar-refractivity contribution >= 4 is 41.6 Å². The molecule has 2 aromatic rings. The highest BCUT2D eigenvalue weighted by Gasteiger charge is 2.33. The molecule has 3 saturated carbocycles. The van der Waals surface area contributed by atoms with Crippen molar-refractivity contribution in [3.05, 3.63) is 45.5 Å². The summed E-state index contributed by atoms with van der Waals surface area (Å²) in [7, 11) is 5.05. The molecule has 1 amide bonds. The molecule has 0 spiro atoms. The van der Waals surface area contributed by atoms with E-state index in [0.717, 1.165) is 36.5 Å². The molecule has 4 aliphatic rings. The van der Waals surface area contributed by atoms with E-state index in [4.69, 9.17) is 22.4 Å². The first kappa shape index (κ1) is 42.9. The Balaban J connectivity index is 0.000000195. The zero-order valence-electron chi connectivity index (χ0n) is 31.9. The fourth-order valence-corrected chi connectivity index (χ4v) is 7.71. The molecule has 10 atom stereocenters. The number of alkyl halides is 1. The van der Waals surface area contributed by atoms with Gasteiger partial charge < -0.3 is 35.7 Å². The average molecular weight is 747 g/mol. The summed E-state index contributed by atoms with van der Waals surface area (Å²) in [6.45, 7) is 9.09. The van der Waals surface area contributed by atoms with E-state index in [2.05, 4.69) is 53.3 Å². The van der Waals surface area contributed by atoms with Crippen LogP contribution in [0.1, 0.15) is 79.1 Å². The number of hydrogen-bond acceptors (Lipinski definition) is 11. The highest BCUT2D eigenvalue weighted by molar-refractivity contribution is 6.32. The Bertz CT molecular complexity index is 1530. The molecule has 3 aliphatic carbocycles. The molecule has 14 nitrogen and oxygen atoms in total. The lowest BCUT2D eigenvalue weighted by Crippen LogP contribution is -2.29. The molecular weight excluding hydrogens is 686 g/mol. The third kappa shape index (κ3) is 12.3. The van der Waals surface area contributed by atoms with Crippen molar-refractivity contribution in [2.24, 2.45) is 54.4 Å². The van der Waals surface area contributed by atoms with Gasteiger partial charge in [-0.25, -0.2) is 14.8 Å². The zero-order chi connectivity index (χ0) is 38.5. The molecule has 290 valence electrons. The Morgan fingerprint density at radius 2 is 1.35 bits per heavy atom. The molecule has 6 N–H and O–H groups in total. The Morgan fingerprint density at radius 1 is 0.846 bits per heavy atom. The SMILES string of the molecule is CC[C@H]1C[C@@H](N)C[C@@H]1C.CC[C@H]1C[C@@H](Nc2nccn(C)c2=O)C[C@@H]1C.C[N+]1=CC=NC(Cl)C1=O.Cn1ccnc(N[C@@H]2C[C@H](CO)[C@@H](O)C2)c1=O. The smallest absolute Gasteiger partial charge is 0.396 e. The fraction of sp³-hybridized carbons (Fsp3) is 0.703. The summed E-state index contributed by atoms with van der Waals surface area (Å²) in [6, 6.07) is 0.896. The average Bonchev–Trinajstić information content (AvgIpc) is 3.78. The highest BCUT2D eigenvalue weighted by atomic mass is 35.5. The molecule has 1 aliphatic heterocycles. The number of nitrogens with one attached hydrogen (secondary N) is 2. The molecule has 1 unspecified atom stereocenters. The number of amides is 1. The van der Waals surface area contributed by atoms with Crippen molar-refractivity contribution in [2.45, 2.75) is 109 Å². The van der Waals surface area contributed by atoms with Gasteiger partial charge in [-0.2, -0.15) is 4.58 Å². The van der Waals surface area contributed by atoms with E-state index in [1.165, 1.54) is 41.0 Å². The largest absolute Gasteiger partial charge is 0.426 e. The number of aliphatic imine (C=N–C) groups is 1. The second-order valence-corrected chi connectivity index (χ2v) is 15.2. The van der Waals surface area contributed by atoms with E-state index < -0.39 is 11.6 Å². The number of hydrogen-bond donors (Lipinski definition) is 5. The number of aliphatic hydroxyl groups is 2. The van der Waals surface area contributed by atoms with Gasteiger partial charge in [-0.15, -0.1) is 0 Å². The van der Waals surface area contributed by atoms with E-state index in [0.29, 0.717) is 36.6 Å². The van der Waals surface area contributed by atoms with Crippen molar-refractivity contribution in [1.82, 2.24) is 19.1 Å². The highest BCUT2D eigenvalue weighted by Crippen LogP contribution is 2.35. The molecule has 2 aromatic heterocycles. The van der Waals surface area contributed by atoms with Crippen LogP contribution in [-0.4, -0.2) is 95.6 Å². The molecule has 3 heterocycles. The number of likely N-dealkylation sites (N-methyl/N-ethyl adjacent to an activating group) is 1. The number of rotatable bonds is 7. The van der Waals surface area contributed by atoms with Gasteiger partial charge in [0.2, 0.25) is 5.50 Å². The first-order chi connectivity index (χ1) is 24.7. The summed E-state index contributed by atoms with van der Waals surface area (Å²) in [6.07, 6.45) is 17.6. The predicted octanol–water partition coefficient (Wildman–Crippen LogP) is 2.99. The molecule has 52 heavy (non-hydrogen) atoms. The minimum absolute atomic E-state index is 0.00949. The van der Waals surface area contributed by atoms with Crippen molar-refractivity contribution in [3.8, 4) is 0 Å². The van der Waals surface area contributed by atoms with E-state index >= 15 is 0 Å². The number of halogens is 1. The summed E-state index contributed by atoms with van der Waals surface area (Å²) in [5.74, 6) is 3.81. The van der Waals surface area contributed by atoms with Crippen LogP contribution in [0, 0.1) is 29.6 Å². The van der Waals surface area contributed by atoms with Crippen molar-refractivity contribution in [1.29, 1.82) is 0 Å². The third-order valence-electron chi connectivity index (χ3n) is 10.8. The molecule has 6 rings (SSSR count). The lowest BCUT2D eigenvalue weighted by molar-refractivity contribution is -0.413. The number of anilines is 2. The summed E-state index contributed by atoms with van der Waals surface area (Å²) < 4.78 is 4.42. The number of aryl methyl sites for hydroxylation is 2. The van der Waals surface area contributed by atoms with Crippen LogP contribution >= 0.6 is 11.6 Å². The lowest BCUT2D eigenvalue weighted by atomic mass is 9.96. The summed E-state index contributed by atoms with van der Waals surface area (Å²) >= 11 is 5.45. The summed E-state index contributed by atoms with van der Waals surface area (Å²) in [4.78, 5) is 46.1. The Hall–Kier alpha value is -3.46. The number of aliphatic hydroxyl groups excluding tert-OH is 2. The second kappa shape index (κ2) is 20.7. The molecule has 3 fully saturated rings. The fourth-order valence-electron chi connectivity index (χ4n) is 7.49. The van der Waals surface area contributed by atoms with Crippen LogP contribution in [0.4, 0.5) is 11.6 Å². The number of carbonyl (C=O) groups excluding carboxylic acids is 1. The van der Waals surface area contributed by atoms with Gasteiger partial charge >= 0.3 is 5.91 Å². The van der Waals surface area contributed by atoms with Crippen LogP contribution in [-0.2, 0) is 18.9 Å². The Labute approximate surface area is 312 Å². The monoisotopic (exact) mass is 746 g/mol. The number of aromatic nitrogens is 4. The quantitative estimate of drug-likeness (QED) is 0.160. The number of nitrogens with two attached hydrogens (primary N) is 1. The van der Waals surface area contributed by atoms with Crippen LogP contribution < -0.4 is 27.5 Å². The van der Waals surface area contributed by atoms with Crippen LogP contribution in [0.2, 0.25) is 0 Å². The van der Waals surface area contributed by atoms with Gasteiger partial charge in [0.1, 0.15) is 7.05 Å².